The molecule has 2 aromatic rings. The summed E-state index contributed by atoms with van der Waals surface area (Å²) in [5.41, 5.74) is 3.13. The molecule has 3 rings (SSSR count). The molecule has 0 atom stereocenters. The number of rotatable bonds is 2. The number of amides is 1. The van der Waals surface area contributed by atoms with Gasteiger partial charge in [0.15, 0.2) is 0 Å². The Morgan fingerprint density at radius 3 is 2.62 bits per heavy atom. The van der Waals surface area contributed by atoms with Crippen LogP contribution in [0.15, 0.2) is 33.2 Å². The summed E-state index contributed by atoms with van der Waals surface area (Å²) < 4.78 is 1.62. The molecule has 8 heteroatoms. The van der Waals surface area contributed by atoms with E-state index in [-0.39, 0.29) is 16.6 Å². The van der Waals surface area contributed by atoms with Gasteiger partial charge >= 0.3 is 0 Å². The number of anilines is 1. The lowest BCUT2D eigenvalue weighted by Gasteiger charge is -2.08. The third-order valence-electron chi connectivity index (χ3n) is 3.71. The van der Waals surface area contributed by atoms with Gasteiger partial charge in [-0.1, -0.05) is 33.6 Å². The second kappa shape index (κ2) is 6.31. The molecule has 2 aromatic carbocycles. The highest BCUT2D eigenvalue weighted by Gasteiger charge is 2.29. The van der Waals surface area contributed by atoms with E-state index in [4.69, 9.17) is 11.6 Å². The maximum atomic E-state index is 12.4. The van der Waals surface area contributed by atoms with Crippen molar-refractivity contribution in [2.45, 2.75) is 6.92 Å². The molecular weight excluding hydrogens is 463 g/mol. The van der Waals surface area contributed by atoms with E-state index in [9.17, 15) is 14.9 Å². The highest BCUT2D eigenvalue weighted by molar-refractivity contribution is 9.11. The van der Waals surface area contributed by atoms with E-state index >= 15 is 0 Å². The molecular formula is C16H9Br2ClN2O3. The zero-order valence-electron chi connectivity index (χ0n) is 12.2. The molecule has 0 spiro atoms. The van der Waals surface area contributed by atoms with Crippen LogP contribution in [0.2, 0.25) is 5.02 Å². The van der Waals surface area contributed by atoms with E-state index in [0.29, 0.717) is 16.8 Å². The fourth-order valence-electron chi connectivity index (χ4n) is 2.54. The van der Waals surface area contributed by atoms with Gasteiger partial charge in [0.2, 0.25) is 0 Å². The summed E-state index contributed by atoms with van der Waals surface area (Å²) in [6, 6.07) is 6.30. The van der Waals surface area contributed by atoms with Crippen LogP contribution in [0.1, 0.15) is 16.7 Å². The Balaban J connectivity index is 2.19. The second-order valence-corrected chi connectivity index (χ2v) is 7.31. The molecule has 1 heterocycles. The van der Waals surface area contributed by atoms with Crippen LogP contribution in [0.4, 0.5) is 11.4 Å². The number of fused-ring (bicyclic) bond motifs is 1. The maximum absolute atomic E-state index is 12.4. The summed E-state index contributed by atoms with van der Waals surface area (Å²) in [6.45, 7) is 1.90. The molecule has 1 aliphatic heterocycles. The number of carbonyl (C=O) groups is 1. The third kappa shape index (κ3) is 2.87. The zero-order chi connectivity index (χ0) is 17.6. The lowest BCUT2D eigenvalue weighted by atomic mass is 9.99. The van der Waals surface area contributed by atoms with E-state index in [1.807, 2.05) is 13.0 Å². The Bertz CT molecular complexity index is 941. The number of nitro benzene ring substituents is 1. The van der Waals surface area contributed by atoms with Crippen molar-refractivity contribution in [3.8, 4) is 0 Å². The van der Waals surface area contributed by atoms with Crippen molar-refractivity contribution in [1.29, 1.82) is 0 Å². The normalized spacial score (nSPS) is 14.7. The van der Waals surface area contributed by atoms with Crippen molar-refractivity contribution in [2.75, 3.05) is 5.32 Å². The highest BCUT2D eigenvalue weighted by atomic mass is 79.9. The van der Waals surface area contributed by atoms with Crippen LogP contribution in [0.25, 0.3) is 11.6 Å². The Hall–Kier alpha value is -1.70. The van der Waals surface area contributed by atoms with Crippen LogP contribution in [-0.4, -0.2) is 10.8 Å². The number of carbonyl (C=O) groups excluding carboxylic acids is 1. The fraction of sp³-hybridized carbons (Fsp3) is 0.0625. The quantitative estimate of drug-likeness (QED) is 0.353. The maximum Gasteiger partial charge on any atom is 0.288 e. The summed E-state index contributed by atoms with van der Waals surface area (Å²) >= 11 is 12.7. The first-order chi connectivity index (χ1) is 11.3. The molecule has 5 nitrogen and oxygen atoms in total. The van der Waals surface area contributed by atoms with Crippen molar-refractivity contribution in [3.63, 3.8) is 0 Å². The first-order valence-corrected chi connectivity index (χ1v) is 8.72. The Kier molecular flexibility index (Phi) is 4.50. The number of nitrogens with zero attached hydrogens (tertiary/aromatic N) is 1. The number of nitrogens with one attached hydrogen (secondary N) is 1. The minimum Gasteiger partial charge on any atom is -0.320 e. The van der Waals surface area contributed by atoms with Gasteiger partial charge < -0.3 is 5.32 Å². The van der Waals surface area contributed by atoms with Crippen molar-refractivity contribution < 1.29 is 9.72 Å². The van der Waals surface area contributed by atoms with Crippen LogP contribution < -0.4 is 5.32 Å². The fourth-order valence-corrected chi connectivity index (χ4v) is 3.98. The number of nitro groups is 1. The average Bonchev–Trinajstić information content (AvgIpc) is 2.84. The van der Waals surface area contributed by atoms with E-state index in [1.165, 1.54) is 12.1 Å². The summed E-state index contributed by atoms with van der Waals surface area (Å²) in [6.07, 6.45) is 1.62. The van der Waals surface area contributed by atoms with Crippen LogP contribution >= 0.6 is 43.5 Å². The lowest BCUT2D eigenvalue weighted by Crippen LogP contribution is -2.03. The average molecular weight is 473 g/mol. The molecule has 0 radical (unpaired) electrons. The monoisotopic (exact) mass is 470 g/mol. The van der Waals surface area contributed by atoms with E-state index in [2.05, 4.69) is 37.2 Å². The van der Waals surface area contributed by atoms with Crippen molar-refractivity contribution in [2.24, 2.45) is 0 Å². The lowest BCUT2D eigenvalue weighted by molar-refractivity contribution is -0.384. The van der Waals surface area contributed by atoms with E-state index in [0.717, 1.165) is 20.1 Å². The highest BCUT2D eigenvalue weighted by Crippen LogP contribution is 2.43. The second-order valence-electron chi connectivity index (χ2n) is 5.20. The molecule has 1 amide bonds. The minimum absolute atomic E-state index is 0.0556. The largest absolute Gasteiger partial charge is 0.320 e. The summed E-state index contributed by atoms with van der Waals surface area (Å²) in [4.78, 5) is 22.8. The molecule has 1 N–H and O–H groups in total. The Morgan fingerprint density at radius 1 is 1.25 bits per heavy atom. The first kappa shape index (κ1) is 17.1. The van der Waals surface area contributed by atoms with Crippen LogP contribution in [0.5, 0.6) is 0 Å². The molecule has 0 saturated carbocycles. The Morgan fingerprint density at radius 2 is 1.96 bits per heavy atom. The SMILES string of the molecule is Cc1c(Br)cc(Br)c2c1C(=Cc1ccc(Cl)c([N+](=O)[O-])c1)C(=O)N2. The molecule has 24 heavy (non-hydrogen) atoms. The van der Waals surface area contributed by atoms with Gasteiger partial charge in [0.1, 0.15) is 5.02 Å². The summed E-state index contributed by atoms with van der Waals surface area (Å²) in [5, 5.41) is 13.9. The standard InChI is InChI=1S/C16H9Br2ClN2O3/c1-7-10(17)6-11(18)15-14(7)9(16(22)20-15)4-8-2-3-12(19)13(5-8)21(23)24/h2-6H,1H3,(H,20,22). The van der Waals surface area contributed by atoms with Crippen LogP contribution in [0.3, 0.4) is 0 Å². The topological polar surface area (TPSA) is 72.2 Å². The van der Waals surface area contributed by atoms with Gasteiger partial charge in [0, 0.05) is 26.1 Å². The van der Waals surface area contributed by atoms with Gasteiger partial charge in [-0.05, 0) is 52.2 Å². The predicted octanol–water partition coefficient (Wildman–Crippen LogP) is 5.57. The Labute approximate surface area is 159 Å². The molecule has 0 bridgehead atoms. The van der Waals surface area contributed by atoms with E-state index < -0.39 is 4.92 Å². The molecule has 0 fully saturated rings. The summed E-state index contributed by atoms with van der Waals surface area (Å²) in [7, 11) is 0. The number of halogens is 3. The first-order valence-electron chi connectivity index (χ1n) is 6.75. The number of benzene rings is 2. The zero-order valence-corrected chi connectivity index (χ0v) is 16.1. The minimum atomic E-state index is -0.550. The van der Waals surface area contributed by atoms with Crippen molar-refractivity contribution >= 4 is 72.4 Å². The molecule has 0 aliphatic carbocycles. The van der Waals surface area contributed by atoms with Crippen LogP contribution in [0, 0.1) is 17.0 Å². The van der Waals surface area contributed by atoms with Gasteiger partial charge in [-0.25, -0.2) is 0 Å². The van der Waals surface area contributed by atoms with Gasteiger partial charge in [-0.3, -0.25) is 14.9 Å². The number of hydrogen-bond donors (Lipinski definition) is 1. The van der Waals surface area contributed by atoms with Gasteiger partial charge in [-0.15, -0.1) is 0 Å². The van der Waals surface area contributed by atoms with Crippen molar-refractivity contribution in [3.05, 3.63) is 65.0 Å². The molecule has 0 aromatic heterocycles. The molecule has 1 aliphatic rings. The molecule has 122 valence electrons. The third-order valence-corrected chi connectivity index (χ3v) is 5.47. The molecule has 0 unspecified atom stereocenters. The smallest absolute Gasteiger partial charge is 0.288 e. The molecule has 0 saturated heterocycles. The summed E-state index contributed by atoms with van der Waals surface area (Å²) in [5.74, 6) is -0.260. The van der Waals surface area contributed by atoms with Gasteiger partial charge in [-0.2, -0.15) is 0 Å². The van der Waals surface area contributed by atoms with E-state index in [1.54, 1.807) is 12.1 Å². The predicted molar refractivity (Wildman–Crippen MR) is 101 cm³/mol. The number of hydrogen-bond acceptors (Lipinski definition) is 3. The van der Waals surface area contributed by atoms with Crippen molar-refractivity contribution in [1.82, 2.24) is 0 Å². The van der Waals surface area contributed by atoms with Gasteiger partial charge in [0.25, 0.3) is 11.6 Å². The van der Waals surface area contributed by atoms with Crippen LogP contribution in [-0.2, 0) is 4.79 Å². The van der Waals surface area contributed by atoms with Gasteiger partial charge in [0.05, 0.1) is 10.6 Å².